The van der Waals surface area contributed by atoms with E-state index in [2.05, 4.69) is 4.98 Å². The first-order valence-electron chi connectivity index (χ1n) is 5.62. The summed E-state index contributed by atoms with van der Waals surface area (Å²) in [5, 5.41) is 9.07. The Labute approximate surface area is 106 Å². The third-order valence-corrected chi connectivity index (χ3v) is 2.49. The largest absolute Gasteiger partial charge is 0.493 e. The standard InChI is InChI=1S/C14H15NO3/c1-10-4-3-5-14(15-10)18-12-7-6-11(9-16)8-13(12)17-2/h3-8,16H,9H2,1-2H3. The number of hydrogen-bond donors (Lipinski definition) is 1. The highest BCUT2D eigenvalue weighted by Crippen LogP contribution is 2.31. The van der Waals surface area contributed by atoms with Crippen LogP contribution in [0.2, 0.25) is 0 Å². The molecule has 0 unspecified atom stereocenters. The lowest BCUT2D eigenvalue weighted by atomic mass is 10.2. The van der Waals surface area contributed by atoms with Crippen LogP contribution in [0.15, 0.2) is 36.4 Å². The van der Waals surface area contributed by atoms with Gasteiger partial charge in [0.05, 0.1) is 13.7 Å². The van der Waals surface area contributed by atoms with Gasteiger partial charge in [0.1, 0.15) is 0 Å². The van der Waals surface area contributed by atoms with Gasteiger partial charge in [0.2, 0.25) is 5.88 Å². The third-order valence-electron chi connectivity index (χ3n) is 2.49. The summed E-state index contributed by atoms with van der Waals surface area (Å²) in [7, 11) is 1.56. The third kappa shape index (κ3) is 2.78. The molecule has 0 radical (unpaired) electrons. The van der Waals surface area contributed by atoms with Gasteiger partial charge >= 0.3 is 0 Å². The second-order valence-corrected chi connectivity index (χ2v) is 3.86. The molecule has 94 valence electrons. The molecule has 18 heavy (non-hydrogen) atoms. The van der Waals surface area contributed by atoms with E-state index in [0.717, 1.165) is 11.3 Å². The molecule has 1 heterocycles. The average Bonchev–Trinajstić information content (AvgIpc) is 2.39. The van der Waals surface area contributed by atoms with Crippen molar-refractivity contribution in [2.45, 2.75) is 13.5 Å². The van der Waals surface area contributed by atoms with Crippen molar-refractivity contribution >= 4 is 0 Å². The molecule has 0 aliphatic rings. The predicted molar refractivity (Wildman–Crippen MR) is 68.0 cm³/mol. The number of benzene rings is 1. The highest BCUT2D eigenvalue weighted by Gasteiger charge is 2.07. The van der Waals surface area contributed by atoms with E-state index in [4.69, 9.17) is 14.6 Å². The first-order chi connectivity index (χ1) is 8.72. The van der Waals surface area contributed by atoms with Crippen molar-refractivity contribution in [1.29, 1.82) is 0 Å². The molecule has 0 saturated carbocycles. The van der Waals surface area contributed by atoms with E-state index in [1.807, 2.05) is 19.1 Å². The molecule has 0 aliphatic heterocycles. The Bertz CT molecular complexity index is 540. The minimum Gasteiger partial charge on any atom is -0.493 e. The van der Waals surface area contributed by atoms with Crippen LogP contribution in [-0.2, 0) is 6.61 Å². The van der Waals surface area contributed by atoms with Crippen molar-refractivity contribution < 1.29 is 14.6 Å². The molecule has 0 amide bonds. The molecule has 1 N–H and O–H groups in total. The summed E-state index contributed by atoms with van der Waals surface area (Å²) >= 11 is 0. The van der Waals surface area contributed by atoms with Crippen LogP contribution in [0.25, 0.3) is 0 Å². The fourth-order valence-electron chi connectivity index (χ4n) is 1.58. The van der Waals surface area contributed by atoms with Gasteiger partial charge in [-0.1, -0.05) is 12.1 Å². The first kappa shape index (κ1) is 12.4. The molecule has 0 saturated heterocycles. The van der Waals surface area contributed by atoms with E-state index in [-0.39, 0.29) is 6.61 Å². The van der Waals surface area contributed by atoms with Gasteiger partial charge in [0.25, 0.3) is 0 Å². The Kier molecular flexibility index (Phi) is 3.79. The van der Waals surface area contributed by atoms with Crippen molar-refractivity contribution in [3.8, 4) is 17.4 Å². The molecule has 0 spiro atoms. The van der Waals surface area contributed by atoms with Crippen LogP contribution in [0, 0.1) is 6.92 Å². The molecule has 0 bridgehead atoms. The highest BCUT2D eigenvalue weighted by atomic mass is 16.5. The van der Waals surface area contributed by atoms with Gasteiger partial charge in [0, 0.05) is 11.8 Å². The molecule has 1 aromatic carbocycles. The predicted octanol–water partition coefficient (Wildman–Crippen LogP) is 2.68. The summed E-state index contributed by atoms with van der Waals surface area (Å²) in [5.41, 5.74) is 1.66. The van der Waals surface area contributed by atoms with Crippen LogP contribution in [0.4, 0.5) is 0 Å². The van der Waals surface area contributed by atoms with E-state index in [1.54, 1.807) is 31.4 Å². The number of aryl methyl sites for hydroxylation is 1. The summed E-state index contributed by atoms with van der Waals surface area (Å²) < 4.78 is 10.9. The molecule has 0 atom stereocenters. The van der Waals surface area contributed by atoms with Crippen LogP contribution < -0.4 is 9.47 Å². The number of methoxy groups -OCH3 is 1. The number of ether oxygens (including phenoxy) is 2. The van der Waals surface area contributed by atoms with Crippen molar-refractivity contribution in [2.24, 2.45) is 0 Å². The monoisotopic (exact) mass is 245 g/mol. The number of nitrogens with zero attached hydrogens (tertiary/aromatic N) is 1. The summed E-state index contributed by atoms with van der Waals surface area (Å²) in [5.74, 6) is 1.67. The van der Waals surface area contributed by atoms with Crippen LogP contribution in [0.5, 0.6) is 17.4 Å². The van der Waals surface area contributed by atoms with Gasteiger partial charge in [-0.15, -0.1) is 0 Å². The van der Waals surface area contributed by atoms with Gasteiger partial charge in [-0.25, -0.2) is 4.98 Å². The molecule has 2 aromatic rings. The zero-order valence-corrected chi connectivity index (χ0v) is 10.4. The number of aromatic nitrogens is 1. The average molecular weight is 245 g/mol. The SMILES string of the molecule is COc1cc(CO)ccc1Oc1cccc(C)n1. The van der Waals surface area contributed by atoms with Gasteiger partial charge in [-0.2, -0.15) is 0 Å². The Balaban J connectivity index is 2.28. The lowest BCUT2D eigenvalue weighted by molar-refractivity contribution is 0.280. The maximum absolute atomic E-state index is 9.07. The van der Waals surface area contributed by atoms with Gasteiger partial charge in [-0.05, 0) is 30.7 Å². The van der Waals surface area contributed by atoms with E-state index < -0.39 is 0 Å². The number of hydrogen-bond acceptors (Lipinski definition) is 4. The molecule has 0 fully saturated rings. The molecule has 4 nitrogen and oxygen atoms in total. The zero-order chi connectivity index (χ0) is 13.0. The molecular formula is C14H15NO3. The number of pyridine rings is 1. The fraction of sp³-hybridized carbons (Fsp3) is 0.214. The quantitative estimate of drug-likeness (QED) is 0.899. The smallest absolute Gasteiger partial charge is 0.219 e. The van der Waals surface area contributed by atoms with Crippen LogP contribution in [-0.4, -0.2) is 17.2 Å². The maximum atomic E-state index is 9.07. The normalized spacial score (nSPS) is 10.2. The molecule has 4 heteroatoms. The van der Waals surface area contributed by atoms with Crippen LogP contribution >= 0.6 is 0 Å². The molecule has 2 rings (SSSR count). The fourth-order valence-corrected chi connectivity index (χ4v) is 1.58. The molecular weight excluding hydrogens is 230 g/mol. The summed E-state index contributed by atoms with van der Waals surface area (Å²) in [6, 6.07) is 10.9. The van der Waals surface area contributed by atoms with E-state index in [1.165, 1.54) is 0 Å². The van der Waals surface area contributed by atoms with Crippen molar-refractivity contribution in [3.63, 3.8) is 0 Å². The summed E-state index contributed by atoms with van der Waals surface area (Å²) in [6.45, 7) is 1.87. The highest BCUT2D eigenvalue weighted by molar-refractivity contribution is 5.44. The van der Waals surface area contributed by atoms with E-state index in [9.17, 15) is 0 Å². The number of rotatable bonds is 4. The lowest BCUT2D eigenvalue weighted by Gasteiger charge is -2.10. The Morgan fingerprint density at radius 3 is 2.67 bits per heavy atom. The van der Waals surface area contributed by atoms with Gasteiger partial charge in [0.15, 0.2) is 11.5 Å². The lowest BCUT2D eigenvalue weighted by Crippen LogP contribution is -1.94. The van der Waals surface area contributed by atoms with Crippen molar-refractivity contribution in [1.82, 2.24) is 4.98 Å². The first-order valence-corrected chi connectivity index (χ1v) is 5.62. The Morgan fingerprint density at radius 2 is 2.00 bits per heavy atom. The summed E-state index contributed by atoms with van der Waals surface area (Å²) in [6.07, 6.45) is 0. The minimum absolute atomic E-state index is 0.0284. The van der Waals surface area contributed by atoms with E-state index >= 15 is 0 Å². The van der Waals surface area contributed by atoms with Gasteiger partial charge in [-0.3, -0.25) is 0 Å². The van der Waals surface area contributed by atoms with Crippen molar-refractivity contribution in [2.75, 3.05) is 7.11 Å². The topological polar surface area (TPSA) is 51.6 Å². The molecule has 0 aliphatic carbocycles. The summed E-state index contributed by atoms with van der Waals surface area (Å²) in [4.78, 5) is 4.26. The van der Waals surface area contributed by atoms with Gasteiger partial charge < -0.3 is 14.6 Å². The van der Waals surface area contributed by atoms with Crippen molar-refractivity contribution in [3.05, 3.63) is 47.7 Å². The van der Waals surface area contributed by atoms with Crippen LogP contribution in [0.3, 0.4) is 0 Å². The molecule has 1 aromatic heterocycles. The van der Waals surface area contributed by atoms with E-state index in [0.29, 0.717) is 17.4 Å². The Morgan fingerprint density at radius 1 is 1.17 bits per heavy atom. The van der Waals surface area contributed by atoms with Crippen LogP contribution in [0.1, 0.15) is 11.3 Å². The number of aliphatic hydroxyl groups is 1. The number of aliphatic hydroxyl groups excluding tert-OH is 1. The maximum Gasteiger partial charge on any atom is 0.219 e. The minimum atomic E-state index is -0.0284. The Hall–Kier alpha value is -2.07. The second kappa shape index (κ2) is 5.51. The zero-order valence-electron chi connectivity index (χ0n) is 10.4. The second-order valence-electron chi connectivity index (χ2n) is 3.86.